The van der Waals surface area contributed by atoms with Crippen LogP contribution >= 0.6 is 0 Å². The summed E-state index contributed by atoms with van der Waals surface area (Å²) in [5, 5.41) is 3.01. The summed E-state index contributed by atoms with van der Waals surface area (Å²) in [5.41, 5.74) is 8.82. The van der Waals surface area contributed by atoms with E-state index in [4.69, 9.17) is 24.7 Å². The molecule has 0 radical (unpaired) electrons. The van der Waals surface area contributed by atoms with Gasteiger partial charge in [-0.15, -0.1) is 0 Å². The first kappa shape index (κ1) is 43.8. The molecule has 1 aromatic heterocycles. The van der Waals surface area contributed by atoms with E-state index in [0.29, 0.717) is 86.3 Å². The Hall–Kier alpha value is -4.89. The lowest BCUT2D eigenvalue weighted by Gasteiger charge is -2.29. The Labute approximate surface area is 330 Å². The average Bonchev–Trinajstić information content (AvgIpc) is 3.18. The number of primary amides is 1. The van der Waals surface area contributed by atoms with Crippen LogP contribution in [0.4, 0.5) is 11.4 Å². The van der Waals surface area contributed by atoms with Crippen LogP contribution in [0.5, 0.6) is 0 Å². The smallest absolute Gasteiger partial charge is 0.308 e. The Balaban J connectivity index is 1.21. The molecule has 0 bridgehead atoms. The van der Waals surface area contributed by atoms with E-state index >= 15 is 0 Å². The van der Waals surface area contributed by atoms with Crippen LogP contribution in [-0.4, -0.2) is 131 Å². The van der Waals surface area contributed by atoms with Crippen LogP contribution in [0, 0.1) is 0 Å². The molecule has 1 aliphatic heterocycles. The number of carbonyl (C=O) groups excluding carboxylic acids is 4. The number of ether oxygens (including phenoxy) is 4. The quantitative estimate of drug-likeness (QED) is 0.112. The third kappa shape index (κ3) is 14.6. The van der Waals surface area contributed by atoms with Crippen LogP contribution in [0.15, 0.2) is 60.8 Å². The number of amides is 3. The molecule has 1 saturated heterocycles. The van der Waals surface area contributed by atoms with Gasteiger partial charge in [0.05, 0.1) is 57.4 Å². The lowest BCUT2D eigenvalue weighted by atomic mass is 10.0. The molecule has 1 aliphatic rings. The zero-order valence-corrected chi connectivity index (χ0v) is 33.5. The van der Waals surface area contributed by atoms with Crippen LogP contribution in [0.25, 0.3) is 11.3 Å². The van der Waals surface area contributed by atoms with Gasteiger partial charge in [0.25, 0.3) is 11.8 Å². The van der Waals surface area contributed by atoms with Crippen LogP contribution < -0.4 is 16.0 Å². The second-order valence-corrected chi connectivity index (χ2v) is 14.8. The van der Waals surface area contributed by atoms with Crippen LogP contribution in [0.2, 0.25) is 0 Å². The lowest BCUT2D eigenvalue weighted by Crippen LogP contribution is -2.36. The summed E-state index contributed by atoms with van der Waals surface area (Å²) < 4.78 is 21.9. The number of rotatable bonds is 21. The number of aromatic nitrogens is 1. The molecule has 14 nitrogen and oxygen atoms in total. The summed E-state index contributed by atoms with van der Waals surface area (Å²) >= 11 is 0. The summed E-state index contributed by atoms with van der Waals surface area (Å²) in [5.74, 6) is -1.43. The number of hydrogen-bond acceptors (Lipinski definition) is 11. The minimum atomic E-state index is -0.565. The van der Waals surface area contributed by atoms with Gasteiger partial charge in [0.2, 0.25) is 5.91 Å². The van der Waals surface area contributed by atoms with Crippen molar-refractivity contribution in [3.8, 4) is 11.3 Å². The number of nitrogens with zero attached hydrogens (tertiary/aromatic N) is 4. The van der Waals surface area contributed by atoms with E-state index in [0.717, 1.165) is 31.6 Å². The van der Waals surface area contributed by atoms with Gasteiger partial charge in [0.15, 0.2) is 0 Å². The number of benzene rings is 2. The van der Waals surface area contributed by atoms with Crippen LogP contribution in [0.3, 0.4) is 0 Å². The predicted molar refractivity (Wildman–Crippen MR) is 216 cm³/mol. The van der Waals surface area contributed by atoms with Gasteiger partial charge < -0.3 is 44.7 Å². The highest BCUT2D eigenvalue weighted by molar-refractivity contribution is 6.08. The zero-order valence-electron chi connectivity index (χ0n) is 33.5. The van der Waals surface area contributed by atoms with E-state index in [1.807, 2.05) is 46.0 Å². The molecule has 0 saturated carbocycles. The molecule has 3 amide bonds. The number of anilines is 2. The molecule has 3 aromatic rings. The predicted octanol–water partition coefficient (Wildman–Crippen LogP) is 4.88. The van der Waals surface area contributed by atoms with Crippen molar-refractivity contribution in [2.24, 2.45) is 5.73 Å². The fourth-order valence-electron chi connectivity index (χ4n) is 5.99. The third-order valence-electron chi connectivity index (χ3n) is 9.06. The highest BCUT2D eigenvalue weighted by Crippen LogP contribution is 2.33. The molecule has 0 spiro atoms. The van der Waals surface area contributed by atoms with Gasteiger partial charge >= 0.3 is 5.97 Å². The highest BCUT2D eigenvalue weighted by Gasteiger charge is 2.20. The van der Waals surface area contributed by atoms with E-state index in [1.54, 1.807) is 48.3 Å². The number of esters is 1. The van der Waals surface area contributed by atoms with E-state index in [-0.39, 0.29) is 30.8 Å². The normalized spacial score (nSPS) is 13.1. The molecule has 2 aromatic carbocycles. The average molecular weight is 775 g/mol. The first-order valence-electron chi connectivity index (χ1n) is 19.3. The molecule has 56 heavy (non-hydrogen) atoms. The Bertz CT molecular complexity index is 1760. The number of nitrogens with two attached hydrogens (primary N) is 1. The second kappa shape index (κ2) is 22.0. The molecular weight excluding hydrogens is 716 g/mol. The topological polar surface area (TPSA) is 166 Å². The van der Waals surface area contributed by atoms with Gasteiger partial charge in [-0.05, 0) is 95.6 Å². The summed E-state index contributed by atoms with van der Waals surface area (Å²) in [6, 6.07) is 15.7. The number of pyridine rings is 1. The Morgan fingerprint density at radius 1 is 0.786 bits per heavy atom. The summed E-state index contributed by atoms with van der Waals surface area (Å²) in [6.07, 6.45) is 5.15. The van der Waals surface area contributed by atoms with Gasteiger partial charge in [-0.2, -0.15) is 0 Å². The maximum absolute atomic E-state index is 13.6. The first-order valence-corrected chi connectivity index (χ1v) is 19.3. The largest absolute Gasteiger partial charge is 0.460 e. The van der Waals surface area contributed by atoms with Crippen molar-refractivity contribution < 1.29 is 38.1 Å². The minimum Gasteiger partial charge on any atom is -0.460 e. The maximum Gasteiger partial charge on any atom is 0.308 e. The molecule has 0 unspecified atom stereocenters. The lowest BCUT2D eigenvalue weighted by molar-refractivity contribution is -0.156. The molecule has 4 rings (SSSR count). The molecule has 3 N–H and O–H groups in total. The fraction of sp³-hybridized carbons (Fsp3) is 0.500. The van der Waals surface area contributed by atoms with Crippen LogP contribution in [-0.2, 0) is 23.7 Å². The van der Waals surface area contributed by atoms with Crippen molar-refractivity contribution in [1.82, 2.24) is 14.8 Å². The van der Waals surface area contributed by atoms with Gasteiger partial charge in [0, 0.05) is 73.9 Å². The Morgan fingerprint density at radius 3 is 2.16 bits per heavy atom. The van der Waals surface area contributed by atoms with Gasteiger partial charge in [-0.25, -0.2) is 0 Å². The third-order valence-corrected chi connectivity index (χ3v) is 9.06. The van der Waals surface area contributed by atoms with Crippen molar-refractivity contribution in [2.45, 2.75) is 52.1 Å². The molecular formula is C42H58N6O8. The van der Waals surface area contributed by atoms with Crippen molar-refractivity contribution in [3.05, 3.63) is 77.5 Å². The Kier molecular flexibility index (Phi) is 17.2. The number of nitrogens with one attached hydrogen (secondary N) is 1. The van der Waals surface area contributed by atoms with E-state index < -0.39 is 11.5 Å². The van der Waals surface area contributed by atoms with Gasteiger partial charge in [-0.1, -0.05) is 6.07 Å². The molecule has 2 heterocycles. The zero-order chi connectivity index (χ0) is 40.5. The van der Waals surface area contributed by atoms with Crippen LogP contribution in [0.1, 0.15) is 77.5 Å². The number of likely N-dealkylation sites (N-methyl/N-ethyl adjacent to an activating group) is 2. The molecule has 14 heteroatoms. The monoisotopic (exact) mass is 774 g/mol. The van der Waals surface area contributed by atoms with Crippen molar-refractivity contribution in [3.63, 3.8) is 0 Å². The molecule has 0 aliphatic carbocycles. The maximum atomic E-state index is 13.6. The number of piperidine rings is 1. The number of carbonyl (C=O) groups is 4. The first-order chi connectivity index (χ1) is 26.8. The Morgan fingerprint density at radius 2 is 1.46 bits per heavy atom. The van der Waals surface area contributed by atoms with E-state index in [2.05, 4.69) is 20.1 Å². The van der Waals surface area contributed by atoms with Gasteiger partial charge in [-0.3, -0.25) is 24.2 Å². The summed E-state index contributed by atoms with van der Waals surface area (Å²) in [7, 11) is 3.70. The fourth-order valence-corrected chi connectivity index (χ4v) is 5.99. The van der Waals surface area contributed by atoms with E-state index in [1.165, 1.54) is 12.6 Å². The summed E-state index contributed by atoms with van der Waals surface area (Å²) in [4.78, 5) is 61.2. The molecule has 0 atom stereocenters. The molecule has 1 fully saturated rings. The standard InChI is InChI=1S/C42H58N6O8/c1-42(2,3)56-38(49)15-22-53-24-26-55-27-25-54-23-21-46(4)19-20-47(5)41(52)33-11-9-10-32(28-33)40(51)45-36-13-12-34(48-17-7-6-8-18-48)30-35(36)37-29-31(39(43)50)14-16-44-37/h9-14,16,28-30H,6-8,15,17-27H2,1-5H3,(H2,43,50)(H,45,51). The van der Waals surface area contributed by atoms with Crippen molar-refractivity contribution in [2.75, 3.05) is 96.7 Å². The van der Waals surface area contributed by atoms with E-state index in [9.17, 15) is 19.2 Å². The van der Waals surface area contributed by atoms with Gasteiger partial charge in [0.1, 0.15) is 5.60 Å². The van der Waals surface area contributed by atoms with Crippen molar-refractivity contribution in [1.29, 1.82) is 0 Å². The summed E-state index contributed by atoms with van der Waals surface area (Å²) in [6.45, 7) is 11.6. The minimum absolute atomic E-state index is 0.200. The molecule has 304 valence electrons. The SMILES string of the molecule is CN(CCOCCOCCOCCC(=O)OC(C)(C)C)CCN(C)C(=O)c1cccc(C(=O)Nc2ccc(N3CCCCC3)cc2-c2cc(C(N)=O)ccn2)c1. The van der Waals surface area contributed by atoms with Crippen molar-refractivity contribution >= 4 is 35.1 Å². The second-order valence-electron chi connectivity index (χ2n) is 14.8. The highest BCUT2D eigenvalue weighted by atomic mass is 16.6. The number of hydrogen-bond donors (Lipinski definition) is 2.